The Labute approximate surface area is 204 Å². The summed E-state index contributed by atoms with van der Waals surface area (Å²) in [5.74, 6) is 0.186. The molecule has 35 heavy (non-hydrogen) atoms. The van der Waals surface area contributed by atoms with Gasteiger partial charge in [0.25, 0.3) is 5.91 Å². The van der Waals surface area contributed by atoms with Gasteiger partial charge in [-0.05, 0) is 36.8 Å². The van der Waals surface area contributed by atoms with E-state index in [0.29, 0.717) is 23.9 Å². The molecule has 0 radical (unpaired) electrons. The molecule has 0 spiro atoms. The average molecular weight is 474 g/mol. The van der Waals surface area contributed by atoms with E-state index in [9.17, 15) is 9.18 Å². The van der Waals surface area contributed by atoms with Gasteiger partial charge in [-0.3, -0.25) is 4.79 Å². The van der Waals surface area contributed by atoms with Gasteiger partial charge in [-0.25, -0.2) is 9.07 Å². The van der Waals surface area contributed by atoms with Crippen molar-refractivity contribution in [3.63, 3.8) is 0 Å². The first kappa shape index (κ1) is 24.2. The van der Waals surface area contributed by atoms with E-state index in [-0.39, 0.29) is 18.7 Å². The van der Waals surface area contributed by atoms with E-state index in [1.54, 1.807) is 35.9 Å². The Balaban J connectivity index is 1.78. The number of rotatable bonds is 9. The minimum absolute atomic E-state index is 0.00917. The van der Waals surface area contributed by atoms with Crippen LogP contribution in [0.4, 0.5) is 4.39 Å². The Hall–Kier alpha value is -3.97. The molecule has 4 rings (SSSR count). The smallest absolute Gasteiger partial charge is 0.257 e. The minimum atomic E-state index is -0.564. The van der Waals surface area contributed by atoms with Gasteiger partial charge in [0, 0.05) is 26.3 Å². The van der Waals surface area contributed by atoms with Crippen LogP contribution in [0.3, 0.4) is 0 Å². The van der Waals surface area contributed by atoms with Gasteiger partial charge in [0.15, 0.2) is 0 Å². The third kappa shape index (κ3) is 5.58. The van der Waals surface area contributed by atoms with Crippen LogP contribution in [0.2, 0.25) is 0 Å². The lowest BCUT2D eigenvalue weighted by Crippen LogP contribution is -2.34. The van der Waals surface area contributed by atoms with Crippen molar-refractivity contribution in [2.24, 2.45) is 7.05 Å². The maximum absolute atomic E-state index is 14.5. The summed E-state index contributed by atoms with van der Waals surface area (Å²) in [6, 6.07) is 23.4. The Morgan fingerprint density at radius 2 is 1.77 bits per heavy atom. The zero-order chi connectivity index (χ0) is 24.8. The molecular formula is C28H28FN3O3. The lowest BCUT2D eigenvalue weighted by molar-refractivity contribution is 0.0675. The fourth-order valence-electron chi connectivity index (χ4n) is 3.89. The number of hydrogen-bond acceptors (Lipinski definition) is 4. The molecule has 0 bridgehead atoms. The largest absolute Gasteiger partial charge is 0.439 e. The summed E-state index contributed by atoms with van der Waals surface area (Å²) in [5, 5.41) is 4.73. The highest BCUT2D eigenvalue weighted by Crippen LogP contribution is 2.34. The van der Waals surface area contributed by atoms with Crippen LogP contribution in [0, 0.1) is 12.7 Å². The predicted molar refractivity (Wildman–Crippen MR) is 133 cm³/mol. The molecular weight excluding hydrogens is 445 g/mol. The first-order chi connectivity index (χ1) is 17.0. The van der Waals surface area contributed by atoms with Crippen molar-refractivity contribution in [2.45, 2.75) is 13.5 Å². The van der Waals surface area contributed by atoms with Gasteiger partial charge in [-0.15, -0.1) is 0 Å². The van der Waals surface area contributed by atoms with Crippen molar-refractivity contribution in [1.82, 2.24) is 14.7 Å². The lowest BCUT2D eigenvalue weighted by Gasteiger charge is -2.23. The lowest BCUT2D eigenvalue weighted by atomic mass is 10.1. The van der Waals surface area contributed by atoms with Crippen molar-refractivity contribution >= 4 is 5.91 Å². The molecule has 0 N–H and O–H groups in total. The molecule has 0 aliphatic rings. The normalized spacial score (nSPS) is 10.9. The topological polar surface area (TPSA) is 56.6 Å². The van der Waals surface area contributed by atoms with Crippen molar-refractivity contribution in [1.29, 1.82) is 0 Å². The maximum atomic E-state index is 14.5. The fourth-order valence-corrected chi connectivity index (χ4v) is 3.89. The molecule has 1 amide bonds. The summed E-state index contributed by atoms with van der Waals surface area (Å²) < 4.78 is 27.7. The number of benzene rings is 3. The van der Waals surface area contributed by atoms with E-state index in [2.05, 4.69) is 0 Å². The Kier molecular flexibility index (Phi) is 7.57. The summed E-state index contributed by atoms with van der Waals surface area (Å²) in [6.45, 7) is 2.73. The van der Waals surface area contributed by atoms with Crippen molar-refractivity contribution in [2.75, 3.05) is 20.3 Å². The summed E-state index contributed by atoms with van der Waals surface area (Å²) in [5.41, 5.74) is 3.38. The zero-order valence-corrected chi connectivity index (χ0v) is 20.1. The molecule has 180 valence electrons. The van der Waals surface area contributed by atoms with Crippen LogP contribution in [0.1, 0.15) is 21.5 Å². The van der Waals surface area contributed by atoms with E-state index < -0.39 is 11.7 Å². The van der Waals surface area contributed by atoms with Crippen LogP contribution in [0.5, 0.6) is 11.6 Å². The molecule has 3 aromatic carbocycles. The monoisotopic (exact) mass is 473 g/mol. The summed E-state index contributed by atoms with van der Waals surface area (Å²) in [7, 11) is 3.37. The van der Waals surface area contributed by atoms with E-state index >= 15 is 0 Å². The summed E-state index contributed by atoms with van der Waals surface area (Å²) in [4.78, 5) is 15.0. The highest BCUT2D eigenvalue weighted by atomic mass is 19.1. The van der Waals surface area contributed by atoms with Crippen LogP contribution < -0.4 is 4.74 Å². The van der Waals surface area contributed by atoms with Crippen molar-refractivity contribution in [3.8, 4) is 22.9 Å². The second-order valence-electron chi connectivity index (χ2n) is 8.24. The van der Waals surface area contributed by atoms with Gasteiger partial charge in [0.05, 0.1) is 24.3 Å². The van der Waals surface area contributed by atoms with Crippen molar-refractivity contribution in [3.05, 3.63) is 101 Å². The van der Waals surface area contributed by atoms with Gasteiger partial charge in [0.1, 0.15) is 17.3 Å². The number of carbonyl (C=O) groups is 1. The number of aryl methyl sites for hydroxylation is 2. The van der Waals surface area contributed by atoms with E-state index in [1.807, 2.05) is 61.5 Å². The number of aromatic nitrogens is 2. The molecule has 4 aromatic rings. The van der Waals surface area contributed by atoms with Gasteiger partial charge >= 0.3 is 0 Å². The summed E-state index contributed by atoms with van der Waals surface area (Å²) in [6.07, 6.45) is 0. The SMILES string of the molecule is COCCN(Cc1c(-c2ccccc2)nn(C)c1Oc1cccc(C)c1)C(=O)c1ccccc1F. The Morgan fingerprint density at radius 3 is 2.49 bits per heavy atom. The number of methoxy groups -OCH3 is 1. The maximum Gasteiger partial charge on any atom is 0.257 e. The van der Waals surface area contributed by atoms with E-state index in [1.165, 1.54) is 12.1 Å². The van der Waals surface area contributed by atoms with E-state index in [4.69, 9.17) is 14.6 Å². The first-order valence-electron chi connectivity index (χ1n) is 11.4. The number of halogens is 1. The van der Waals surface area contributed by atoms with Gasteiger partial charge in [-0.2, -0.15) is 5.10 Å². The number of nitrogens with zero attached hydrogens (tertiary/aromatic N) is 3. The van der Waals surface area contributed by atoms with Crippen LogP contribution >= 0.6 is 0 Å². The predicted octanol–water partition coefficient (Wildman–Crippen LogP) is 5.62. The van der Waals surface area contributed by atoms with Crippen LogP contribution in [-0.4, -0.2) is 40.8 Å². The van der Waals surface area contributed by atoms with Crippen molar-refractivity contribution < 1.29 is 18.7 Å². The van der Waals surface area contributed by atoms with Crippen LogP contribution in [0.15, 0.2) is 78.9 Å². The zero-order valence-electron chi connectivity index (χ0n) is 20.1. The number of ether oxygens (including phenoxy) is 2. The van der Waals surface area contributed by atoms with Crippen LogP contribution in [-0.2, 0) is 18.3 Å². The second-order valence-corrected chi connectivity index (χ2v) is 8.24. The molecule has 0 atom stereocenters. The molecule has 0 saturated heterocycles. The van der Waals surface area contributed by atoms with Gasteiger partial charge in [-0.1, -0.05) is 54.6 Å². The standard InChI is InChI=1S/C28H28FN3O3/c1-20-10-9-13-22(18-20)35-28-24(26(30-31(28)2)21-11-5-4-6-12-21)19-32(16-17-34-3)27(33)23-14-7-8-15-25(23)29/h4-15,18H,16-17,19H2,1-3H3. The number of carbonyl (C=O) groups excluding carboxylic acids is 1. The third-order valence-corrected chi connectivity index (χ3v) is 5.64. The average Bonchev–Trinajstić information content (AvgIpc) is 3.17. The fraction of sp³-hybridized carbons (Fsp3) is 0.214. The van der Waals surface area contributed by atoms with Gasteiger partial charge in [0.2, 0.25) is 5.88 Å². The van der Waals surface area contributed by atoms with Crippen LogP contribution in [0.25, 0.3) is 11.3 Å². The molecule has 7 heteroatoms. The first-order valence-corrected chi connectivity index (χ1v) is 11.4. The highest BCUT2D eigenvalue weighted by Gasteiger charge is 2.26. The molecule has 6 nitrogen and oxygen atoms in total. The quantitative estimate of drug-likeness (QED) is 0.317. The molecule has 0 aliphatic heterocycles. The number of amides is 1. The Bertz CT molecular complexity index is 1300. The number of hydrogen-bond donors (Lipinski definition) is 0. The second kappa shape index (κ2) is 11.0. The molecule has 0 unspecified atom stereocenters. The highest BCUT2D eigenvalue weighted by molar-refractivity contribution is 5.94. The van der Waals surface area contributed by atoms with Gasteiger partial charge < -0.3 is 14.4 Å². The molecule has 0 aliphatic carbocycles. The molecule has 1 heterocycles. The molecule has 0 fully saturated rings. The minimum Gasteiger partial charge on any atom is -0.439 e. The van der Waals surface area contributed by atoms with E-state index in [0.717, 1.165) is 16.7 Å². The third-order valence-electron chi connectivity index (χ3n) is 5.64. The summed E-state index contributed by atoms with van der Waals surface area (Å²) >= 11 is 0. The molecule has 0 saturated carbocycles. The molecule has 1 aromatic heterocycles. The Morgan fingerprint density at radius 1 is 1.03 bits per heavy atom.